The molecule has 2 nitrogen and oxygen atoms in total. The van der Waals surface area contributed by atoms with Crippen LogP contribution in [0.4, 0.5) is 0 Å². The van der Waals surface area contributed by atoms with Crippen molar-refractivity contribution in [1.29, 1.82) is 0 Å². The fourth-order valence-electron chi connectivity index (χ4n) is 4.93. The lowest BCUT2D eigenvalue weighted by Crippen LogP contribution is -2.43. The minimum atomic E-state index is -0.243. The number of halogens is 3. The third kappa shape index (κ3) is 4.37. The second-order valence-corrected chi connectivity index (χ2v) is 9.81. The van der Waals surface area contributed by atoms with E-state index in [9.17, 15) is 0 Å². The molecular weight excluding hydrogens is 449 g/mol. The largest absolute Gasteiger partial charge is 0.358 e. The van der Waals surface area contributed by atoms with Crippen LogP contribution in [0.25, 0.3) is 0 Å². The molecule has 2 aliphatic rings. The summed E-state index contributed by atoms with van der Waals surface area (Å²) >= 11 is 18.6. The number of likely N-dealkylation sites (tertiary alicyclic amines) is 1. The molecule has 3 aromatic carbocycles. The highest BCUT2D eigenvalue weighted by molar-refractivity contribution is 6.34. The lowest BCUT2D eigenvalue weighted by Gasteiger charge is -2.40. The van der Waals surface area contributed by atoms with E-state index < -0.39 is 0 Å². The van der Waals surface area contributed by atoms with Crippen molar-refractivity contribution >= 4 is 34.8 Å². The topological polar surface area (TPSA) is 12.5 Å². The van der Waals surface area contributed by atoms with Crippen LogP contribution in [0, 0.1) is 0 Å². The van der Waals surface area contributed by atoms with Gasteiger partial charge in [0, 0.05) is 34.7 Å². The monoisotopic (exact) mass is 471 g/mol. The van der Waals surface area contributed by atoms with Crippen molar-refractivity contribution < 1.29 is 4.74 Å². The highest BCUT2D eigenvalue weighted by Crippen LogP contribution is 2.51. The molecule has 1 atom stereocenters. The minimum absolute atomic E-state index is 0.131. The van der Waals surface area contributed by atoms with E-state index in [0.29, 0.717) is 10.0 Å². The first-order valence-corrected chi connectivity index (χ1v) is 11.9. The summed E-state index contributed by atoms with van der Waals surface area (Å²) < 4.78 is 6.82. The summed E-state index contributed by atoms with van der Waals surface area (Å²) in [6.07, 6.45) is 2.86. The van der Waals surface area contributed by atoms with E-state index in [1.54, 1.807) is 6.07 Å². The third-order valence-electron chi connectivity index (χ3n) is 6.56. The molecule has 0 aliphatic carbocycles. The van der Waals surface area contributed by atoms with E-state index in [-0.39, 0.29) is 11.7 Å². The van der Waals surface area contributed by atoms with Gasteiger partial charge in [0.15, 0.2) is 0 Å². The molecule has 2 heterocycles. The number of benzene rings is 3. The third-order valence-corrected chi connectivity index (χ3v) is 7.25. The van der Waals surface area contributed by atoms with Gasteiger partial charge in [0.05, 0.1) is 5.60 Å². The summed E-state index contributed by atoms with van der Waals surface area (Å²) in [5.74, 6) is 0. The molecule has 1 unspecified atom stereocenters. The molecule has 1 spiro atoms. The van der Waals surface area contributed by atoms with Crippen LogP contribution >= 0.6 is 34.8 Å². The molecule has 0 saturated carbocycles. The van der Waals surface area contributed by atoms with E-state index in [1.165, 1.54) is 16.7 Å². The van der Waals surface area contributed by atoms with Gasteiger partial charge in [0.2, 0.25) is 0 Å². The van der Waals surface area contributed by atoms with Gasteiger partial charge < -0.3 is 9.64 Å². The maximum Gasteiger partial charge on any atom is 0.109 e. The molecule has 5 rings (SSSR count). The number of ether oxygens (including phenoxy) is 1. The maximum absolute atomic E-state index is 6.82. The zero-order chi connectivity index (χ0) is 21.4. The van der Waals surface area contributed by atoms with Gasteiger partial charge in [-0.3, -0.25) is 0 Å². The molecule has 0 aromatic heterocycles. The second kappa shape index (κ2) is 8.77. The van der Waals surface area contributed by atoms with Gasteiger partial charge in [-0.15, -0.1) is 0 Å². The Kier molecular flexibility index (Phi) is 6.02. The van der Waals surface area contributed by atoms with Crippen molar-refractivity contribution in [1.82, 2.24) is 4.90 Å². The predicted octanol–water partition coefficient (Wildman–Crippen LogP) is 7.30. The van der Waals surface area contributed by atoms with Crippen molar-refractivity contribution in [3.63, 3.8) is 0 Å². The zero-order valence-corrected chi connectivity index (χ0v) is 19.4. The van der Waals surface area contributed by atoms with Crippen molar-refractivity contribution in [2.75, 3.05) is 19.6 Å². The SMILES string of the molecule is Clc1ccc(CCN2CCC3(CC2)OC(c2cc(Cl)cc(Cl)c2)c2ccccc23)cc1. The van der Waals surface area contributed by atoms with E-state index in [0.717, 1.165) is 49.5 Å². The fraction of sp³-hybridized carbons (Fsp3) is 0.308. The zero-order valence-electron chi connectivity index (χ0n) is 17.2. The standard InChI is InChI=1S/C26H24Cl3NO/c27-20-7-5-18(6-8-20)9-12-30-13-10-26(11-14-30)24-4-2-1-3-23(24)25(31-26)19-15-21(28)17-22(29)16-19/h1-8,15-17,25H,9-14H2. The average molecular weight is 473 g/mol. The van der Waals surface area contributed by atoms with Crippen LogP contribution in [0.1, 0.15) is 41.2 Å². The number of fused-ring (bicyclic) bond motifs is 2. The maximum atomic E-state index is 6.82. The van der Waals surface area contributed by atoms with Gasteiger partial charge in [0.1, 0.15) is 6.10 Å². The molecule has 1 fully saturated rings. The van der Waals surface area contributed by atoms with E-state index in [2.05, 4.69) is 41.3 Å². The summed E-state index contributed by atoms with van der Waals surface area (Å²) in [4.78, 5) is 2.54. The molecule has 0 bridgehead atoms. The Labute approximate surface area is 198 Å². The van der Waals surface area contributed by atoms with E-state index >= 15 is 0 Å². The quantitative estimate of drug-likeness (QED) is 0.395. The summed E-state index contributed by atoms with van der Waals surface area (Å²) in [5.41, 5.74) is 4.65. The first-order chi connectivity index (χ1) is 15.0. The van der Waals surface area contributed by atoms with E-state index in [4.69, 9.17) is 39.5 Å². The molecule has 1 saturated heterocycles. The van der Waals surface area contributed by atoms with Crippen molar-refractivity contribution in [3.05, 3.63) is 104 Å². The van der Waals surface area contributed by atoms with Crippen LogP contribution in [-0.2, 0) is 16.8 Å². The lowest BCUT2D eigenvalue weighted by atomic mass is 9.83. The first kappa shape index (κ1) is 21.3. The first-order valence-electron chi connectivity index (χ1n) is 10.7. The van der Waals surface area contributed by atoms with Gasteiger partial charge in [0.25, 0.3) is 0 Å². The summed E-state index contributed by atoms with van der Waals surface area (Å²) in [6.45, 7) is 3.09. The van der Waals surface area contributed by atoms with Gasteiger partial charge in [-0.25, -0.2) is 0 Å². The molecule has 0 amide bonds. The molecular formula is C26H24Cl3NO. The van der Waals surface area contributed by atoms with Crippen molar-refractivity contribution in [2.24, 2.45) is 0 Å². The van der Waals surface area contributed by atoms with Gasteiger partial charge in [-0.05, 0) is 71.8 Å². The smallest absolute Gasteiger partial charge is 0.109 e. The lowest BCUT2D eigenvalue weighted by molar-refractivity contribution is -0.0966. The Morgan fingerprint density at radius 2 is 1.52 bits per heavy atom. The molecule has 2 aliphatic heterocycles. The Balaban J connectivity index is 1.32. The number of hydrogen-bond acceptors (Lipinski definition) is 2. The normalized spacial score (nSPS) is 20.2. The van der Waals surface area contributed by atoms with Crippen molar-refractivity contribution in [2.45, 2.75) is 31.0 Å². The highest BCUT2D eigenvalue weighted by Gasteiger charge is 2.46. The second-order valence-electron chi connectivity index (χ2n) is 8.50. The van der Waals surface area contributed by atoms with Crippen LogP contribution in [0.2, 0.25) is 15.1 Å². The number of nitrogens with zero attached hydrogens (tertiary/aromatic N) is 1. The van der Waals surface area contributed by atoms with Gasteiger partial charge >= 0.3 is 0 Å². The minimum Gasteiger partial charge on any atom is -0.358 e. The Morgan fingerprint density at radius 1 is 0.839 bits per heavy atom. The summed E-state index contributed by atoms with van der Waals surface area (Å²) in [6, 6.07) is 22.5. The fourth-order valence-corrected chi connectivity index (χ4v) is 5.60. The number of rotatable bonds is 4. The van der Waals surface area contributed by atoms with Crippen LogP contribution < -0.4 is 0 Å². The molecule has 0 radical (unpaired) electrons. The molecule has 31 heavy (non-hydrogen) atoms. The van der Waals surface area contributed by atoms with Crippen LogP contribution in [0.5, 0.6) is 0 Å². The Morgan fingerprint density at radius 3 is 2.23 bits per heavy atom. The summed E-state index contributed by atoms with van der Waals surface area (Å²) in [7, 11) is 0. The number of piperidine rings is 1. The molecule has 3 aromatic rings. The number of hydrogen-bond donors (Lipinski definition) is 0. The molecule has 0 N–H and O–H groups in total. The Bertz CT molecular complexity index is 1050. The molecule has 5 heteroatoms. The van der Waals surface area contributed by atoms with Crippen LogP contribution in [0.15, 0.2) is 66.7 Å². The van der Waals surface area contributed by atoms with Crippen LogP contribution in [-0.4, -0.2) is 24.5 Å². The highest BCUT2D eigenvalue weighted by atomic mass is 35.5. The predicted molar refractivity (Wildman–Crippen MR) is 128 cm³/mol. The van der Waals surface area contributed by atoms with Crippen LogP contribution in [0.3, 0.4) is 0 Å². The van der Waals surface area contributed by atoms with Gasteiger partial charge in [-0.2, -0.15) is 0 Å². The van der Waals surface area contributed by atoms with Crippen molar-refractivity contribution in [3.8, 4) is 0 Å². The van der Waals surface area contributed by atoms with E-state index in [1.807, 2.05) is 24.3 Å². The average Bonchev–Trinajstić information content (AvgIpc) is 3.08. The van der Waals surface area contributed by atoms with Gasteiger partial charge in [-0.1, -0.05) is 71.2 Å². The summed E-state index contributed by atoms with van der Waals surface area (Å²) in [5, 5.41) is 2.07. The molecule has 160 valence electrons. The Hall–Kier alpha value is -1.55.